The highest BCUT2D eigenvalue weighted by Gasteiger charge is 2.44. The number of hydrogen-bond acceptors (Lipinski definition) is 5. The van der Waals surface area contributed by atoms with Crippen LogP contribution in [-0.4, -0.2) is 34.2 Å². The van der Waals surface area contributed by atoms with Gasteiger partial charge in [-0.15, -0.1) is 0 Å². The molecule has 1 aromatic carbocycles. The summed E-state index contributed by atoms with van der Waals surface area (Å²) in [4.78, 5) is 50.3. The Bertz CT molecular complexity index is 931. The second-order valence-corrected chi connectivity index (χ2v) is 6.07. The molecular weight excluding hydrogens is 324 g/mol. The molecule has 3 rings (SSSR count). The Balaban J connectivity index is 1.96. The van der Waals surface area contributed by atoms with Crippen molar-refractivity contribution in [3.8, 4) is 0 Å². The number of fused-ring (bicyclic) bond motifs is 1. The Morgan fingerprint density at radius 2 is 1.72 bits per heavy atom. The third kappa shape index (κ3) is 3.05. The molecule has 4 amide bonds. The van der Waals surface area contributed by atoms with Gasteiger partial charge in [-0.05, 0) is 30.5 Å². The van der Waals surface area contributed by atoms with Crippen LogP contribution >= 0.6 is 0 Å². The second kappa shape index (κ2) is 6.51. The first-order valence-corrected chi connectivity index (χ1v) is 8.13. The maximum Gasteiger partial charge on any atom is 0.336 e. The molecule has 0 radical (unpaired) electrons. The van der Waals surface area contributed by atoms with E-state index in [9.17, 15) is 19.2 Å². The molecule has 0 unspecified atom stereocenters. The zero-order valence-electron chi connectivity index (χ0n) is 14.1. The molecule has 0 atom stereocenters. The molecule has 130 valence electrons. The van der Waals surface area contributed by atoms with Crippen LogP contribution in [0, 0.1) is 6.92 Å². The summed E-state index contributed by atoms with van der Waals surface area (Å²) in [6, 6.07) is 5.93. The Hall–Kier alpha value is -2.96. The summed E-state index contributed by atoms with van der Waals surface area (Å²) in [6.07, 6.45) is 1.44. The van der Waals surface area contributed by atoms with Gasteiger partial charge in [0, 0.05) is 18.0 Å². The van der Waals surface area contributed by atoms with Crippen LogP contribution < -0.4 is 5.63 Å². The Morgan fingerprint density at radius 3 is 2.44 bits per heavy atom. The first-order valence-electron chi connectivity index (χ1n) is 8.13. The molecule has 2 aromatic rings. The van der Waals surface area contributed by atoms with Crippen molar-refractivity contribution >= 4 is 28.8 Å². The third-order valence-corrected chi connectivity index (χ3v) is 4.18. The fraction of sp³-hybridized carbons (Fsp3) is 0.333. The van der Waals surface area contributed by atoms with Crippen LogP contribution in [0.3, 0.4) is 0 Å². The quantitative estimate of drug-likeness (QED) is 0.472. The van der Waals surface area contributed by atoms with E-state index in [1.807, 2.05) is 19.9 Å². The van der Waals surface area contributed by atoms with Gasteiger partial charge in [-0.1, -0.05) is 25.5 Å². The summed E-state index contributed by atoms with van der Waals surface area (Å²) >= 11 is 0. The van der Waals surface area contributed by atoms with Gasteiger partial charge in [-0.2, -0.15) is 0 Å². The number of aryl methyl sites for hydroxylation is 1. The summed E-state index contributed by atoms with van der Waals surface area (Å²) in [5.74, 6) is -1.68. The molecule has 1 aliphatic heterocycles. The molecular formula is C18H18N2O5. The number of urea groups is 1. The standard InChI is InChI=1S/C18H18N2O5/c1-3-4-7-19-16(22)17(23)20(18(19)24)10-12-9-15(21)25-14-8-11(2)5-6-13(12)14/h5-6,8-9H,3-4,7,10H2,1-2H3. The van der Waals surface area contributed by atoms with E-state index >= 15 is 0 Å². The number of hydrogen-bond donors (Lipinski definition) is 0. The third-order valence-electron chi connectivity index (χ3n) is 4.18. The van der Waals surface area contributed by atoms with Gasteiger partial charge in [0.15, 0.2) is 0 Å². The van der Waals surface area contributed by atoms with Crippen LogP contribution in [0.1, 0.15) is 30.9 Å². The average Bonchev–Trinajstić information content (AvgIpc) is 2.76. The van der Waals surface area contributed by atoms with Crippen LogP contribution in [0.4, 0.5) is 4.79 Å². The van der Waals surface area contributed by atoms with E-state index in [-0.39, 0.29) is 13.1 Å². The molecule has 2 heterocycles. The Morgan fingerprint density at radius 1 is 1.00 bits per heavy atom. The van der Waals surface area contributed by atoms with Crippen LogP contribution in [0.25, 0.3) is 11.0 Å². The predicted molar refractivity (Wildman–Crippen MR) is 89.8 cm³/mol. The molecule has 7 nitrogen and oxygen atoms in total. The van der Waals surface area contributed by atoms with Gasteiger partial charge in [0.1, 0.15) is 5.58 Å². The maximum atomic E-state index is 12.4. The lowest BCUT2D eigenvalue weighted by molar-refractivity contribution is -0.143. The molecule has 1 aliphatic rings. The number of carbonyl (C=O) groups excluding carboxylic acids is 3. The number of nitrogens with zero attached hydrogens (tertiary/aromatic N) is 2. The normalized spacial score (nSPS) is 14.9. The monoisotopic (exact) mass is 342 g/mol. The van der Waals surface area contributed by atoms with Gasteiger partial charge in [-0.25, -0.2) is 9.59 Å². The van der Waals surface area contributed by atoms with Crippen molar-refractivity contribution in [2.75, 3.05) is 6.54 Å². The summed E-state index contributed by atoms with van der Waals surface area (Å²) in [7, 11) is 0. The largest absolute Gasteiger partial charge is 0.423 e. The number of amides is 4. The Labute approximate surface area is 143 Å². The van der Waals surface area contributed by atoms with Gasteiger partial charge < -0.3 is 4.42 Å². The number of imide groups is 2. The zero-order valence-corrected chi connectivity index (χ0v) is 14.1. The fourth-order valence-electron chi connectivity index (χ4n) is 2.84. The van der Waals surface area contributed by atoms with Gasteiger partial charge >= 0.3 is 23.5 Å². The van der Waals surface area contributed by atoms with E-state index < -0.39 is 23.5 Å². The van der Waals surface area contributed by atoms with Gasteiger partial charge in [0.25, 0.3) is 0 Å². The van der Waals surface area contributed by atoms with Gasteiger partial charge in [-0.3, -0.25) is 19.4 Å². The van der Waals surface area contributed by atoms with Crippen molar-refractivity contribution in [1.82, 2.24) is 9.80 Å². The number of carbonyl (C=O) groups is 3. The lowest BCUT2D eigenvalue weighted by Crippen LogP contribution is -2.33. The smallest absolute Gasteiger partial charge is 0.336 e. The Kier molecular flexibility index (Phi) is 4.39. The average molecular weight is 342 g/mol. The van der Waals surface area contributed by atoms with Crippen molar-refractivity contribution in [3.05, 3.63) is 45.8 Å². The van der Waals surface area contributed by atoms with Crippen LogP contribution in [0.2, 0.25) is 0 Å². The molecule has 0 saturated carbocycles. The molecule has 7 heteroatoms. The summed E-state index contributed by atoms with van der Waals surface area (Å²) in [6.45, 7) is 3.87. The molecule has 0 spiro atoms. The first-order chi connectivity index (χ1) is 11.9. The lowest BCUT2D eigenvalue weighted by atomic mass is 10.1. The van der Waals surface area contributed by atoms with E-state index in [0.29, 0.717) is 23.0 Å². The van der Waals surface area contributed by atoms with Crippen LogP contribution in [0.5, 0.6) is 0 Å². The fourth-order valence-corrected chi connectivity index (χ4v) is 2.84. The summed E-state index contributed by atoms with van der Waals surface area (Å²) < 4.78 is 5.18. The summed E-state index contributed by atoms with van der Waals surface area (Å²) in [5, 5.41) is 0.630. The van der Waals surface area contributed by atoms with E-state index in [0.717, 1.165) is 21.8 Å². The maximum absolute atomic E-state index is 12.4. The van der Waals surface area contributed by atoms with E-state index in [1.54, 1.807) is 12.1 Å². The minimum absolute atomic E-state index is 0.142. The van der Waals surface area contributed by atoms with Crippen LogP contribution in [-0.2, 0) is 16.1 Å². The number of rotatable bonds is 5. The van der Waals surface area contributed by atoms with Crippen molar-refractivity contribution in [2.45, 2.75) is 33.2 Å². The minimum atomic E-state index is -0.866. The first kappa shape index (κ1) is 16.9. The molecule has 1 saturated heterocycles. The highest BCUT2D eigenvalue weighted by Crippen LogP contribution is 2.22. The second-order valence-electron chi connectivity index (χ2n) is 6.07. The van der Waals surface area contributed by atoms with E-state index in [2.05, 4.69) is 0 Å². The van der Waals surface area contributed by atoms with Gasteiger partial charge in [0.2, 0.25) is 0 Å². The predicted octanol–water partition coefficient (Wildman–Crippen LogP) is 2.19. The molecule has 1 fully saturated rings. The molecule has 25 heavy (non-hydrogen) atoms. The van der Waals surface area contributed by atoms with Crippen molar-refractivity contribution in [3.63, 3.8) is 0 Å². The highest BCUT2D eigenvalue weighted by atomic mass is 16.4. The van der Waals surface area contributed by atoms with Crippen molar-refractivity contribution < 1.29 is 18.8 Å². The SMILES string of the molecule is CCCCN1C(=O)C(=O)N(Cc2cc(=O)oc3cc(C)ccc23)C1=O. The summed E-state index contributed by atoms with van der Waals surface area (Å²) in [5.41, 5.74) is 1.21. The van der Waals surface area contributed by atoms with Crippen molar-refractivity contribution in [1.29, 1.82) is 0 Å². The lowest BCUT2D eigenvalue weighted by Gasteiger charge is -2.16. The molecule has 0 N–H and O–H groups in total. The molecule has 0 bridgehead atoms. The van der Waals surface area contributed by atoms with Crippen molar-refractivity contribution in [2.24, 2.45) is 0 Å². The minimum Gasteiger partial charge on any atom is -0.423 e. The topological polar surface area (TPSA) is 87.9 Å². The van der Waals surface area contributed by atoms with E-state index in [4.69, 9.17) is 4.42 Å². The molecule has 1 aromatic heterocycles. The number of benzene rings is 1. The van der Waals surface area contributed by atoms with Crippen LogP contribution in [0.15, 0.2) is 33.5 Å². The van der Waals surface area contributed by atoms with E-state index in [1.165, 1.54) is 6.07 Å². The van der Waals surface area contributed by atoms with Gasteiger partial charge in [0.05, 0.1) is 6.54 Å². The highest BCUT2D eigenvalue weighted by molar-refractivity contribution is 6.44. The number of unbranched alkanes of at least 4 members (excludes halogenated alkanes) is 1. The zero-order chi connectivity index (χ0) is 18.1. The molecule has 0 aliphatic carbocycles.